The molecule has 1 aromatic rings. The molecule has 3 rings (SSSR count). The minimum atomic E-state index is -0.887. The summed E-state index contributed by atoms with van der Waals surface area (Å²) < 4.78 is 0. The zero-order valence-corrected chi connectivity index (χ0v) is 12.8. The summed E-state index contributed by atoms with van der Waals surface area (Å²) in [5.41, 5.74) is 1.16. The van der Waals surface area contributed by atoms with E-state index < -0.39 is 5.97 Å². The van der Waals surface area contributed by atoms with Gasteiger partial charge in [-0.2, -0.15) is 0 Å². The van der Waals surface area contributed by atoms with E-state index in [0.717, 1.165) is 30.0 Å². The van der Waals surface area contributed by atoms with E-state index in [2.05, 4.69) is 10.3 Å². The van der Waals surface area contributed by atoms with E-state index in [4.69, 9.17) is 0 Å². The summed E-state index contributed by atoms with van der Waals surface area (Å²) >= 11 is 0. The summed E-state index contributed by atoms with van der Waals surface area (Å²) in [6.45, 7) is 5.00. The Labute approximate surface area is 126 Å². The highest BCUT2D eigenvalue weighted by Crippen LogP contribution is 2.48. The van der Waals surface area contributed by atoms with Gasteiger partial charge in [-0.3, -0.25) is 0 Å². The van der Waals surface area contributed by atoms with Crippen molar-refractivity contribution >= 4 is 11.8 Å². The molecule has 1 heterocycles. The molecule has 2 fully saturated rings. The predicted molar refractivity (Wildman–Crippen MR) is 82.7 cm³/mol. The van der Waals surface area contributed by atoms with Crippen LogP contribution in [0.15, 0.2) is 12.1 Å². The minimum Gasteiger partial charge on any atom is -0.478 e. The van der Waals surface area contributed by atoms with Gasteiger partial charge in [-0.25, -0.2) is 9.78 Å². The Balaban J connectivity index is 1.70. The van der Waals surface area contributed by atoms with Crippen molar-refractivity contribution in [3.63, 3.8) is 0 Å². The van der Waals surface area contributed by atoms with Crippen molar-refractivity contribution in [1.82, 2.24) is 4.98 Å². The summed E-state index contributed by atoms with van der Waals surface area (Å²) in [6, 6.07) is 3.33. The van der Waals surface area contributed by atoms with E-state index in [0.29, 0.717) is 11.4 Å². The molecule has 0 aromatic carbocycles. The number of hydrogen-bond acceptors (Lipinski definition) is 3. The third-order valence-corrected chi connectivity index (χ3v) is 5.11. The van der Waals surface area contributed by atoms with Crippen molar-refractivity contribution in [3.05, 3.63) is 23.4 Å². The third-order valence-electron chi connectivity index (χ3n) is 5.11. The highest BCUT2D eigenvalue weighted by molar-refractivity contribution is 5.88. The van der Waals surface area contributed by atoms with Gasteiger partial charge in [-0.15, -0.1) is 0 Å². The molecule has 3 atom stereocenters. The van der Waals surface area contributed by atoms with Crippen LogP contribution in [0.3, 0.4) is 0 Å². The van der Waals surface area contributed by atoms with Crippen molar-refractivity contribution in [3.8, 4) is 0 Å². The fraction of sp³-hybridized carbons (Fsp3) is 0.647. The van der Waals surface area contributed by atoms with Crippen LogP contribution in [0.5, 0.6) is 0 Å². The molecule has 0 aliphatic heterocycles. The van der Waals surface area contributed by atoms with Crippen molar-refractivity contribution in [2.24, 2.45) is 17.8 Å². The van der Waals surface area contributed by atoms with Crippen molar-refractivity contribution in [2.75, 3.05) is 11.9 Å². The largest absolute Gasteiger partial charge is 0.478 e. The number of pyridine rings is 1. The molecule has 3 unspecified atom stereocenters. The summed E-state index contributed by atoms with van der Waals surface area (Å²) in [4.78, 5) is 15.8. The number of aromatic nitrogens is 1. The van der Waals surface area contributed by atoms with E-state index in [1.165, 1.54) is 25.7 Å². The quantitative estimate of drug-likeness (QED) is 0.866. The number of carboxylic acid groups (broad SMARTS) is 1. The summed E-state index contributed by atoms with van der Waals surface area (Å²) in [7, 11) is 0. The molecule has 2 aliphatic carbocycles. The maximum Gasteiger partial charge on any atom is 0.335 e. The Kier molecular flexibility index (Phi) is 3.87. The Hall–Kier alpha value is -1.58. The molecule has 1 aromatic heterocycles. The molecular weight excluding hydrogens is 264 g/mol. The number of anilines is 1. The molecule has 0 saturated heterocycles. The number of hydrogen-bond donors (Lipinski definition) is 2. The lowest BCUT2D eigenvalue weighted by atomic mass is 9.89. The fourth-order valence-corrected chi connectivity index (χ4v) is 3.92. The summed E-state index contributed by atoms with van der Waals surface area (Å²) in [6.07, 6.45) is 5.50. The molecule has 0 amide bonds. The van der Waals surface area contributed by atoms with Gasteiger partial charge in [0.25, 0.3) is 0 Å². The van der Waals surface area contributed by atoms with Crippen LogP contribution in [0.1, 0.15) is 61.5 Å². The van der Waals surface area contributed by atoms with Gasteiger partial charge in [-0.05, 0) is 55.1 Å². The lowest BCUT2D eigenvalue weighted by Gasteiger charge is -2.22. The van der Waals surface area contributed by atoms with E-state index in [1.54, 1.807) is 12.1 Å². The third kappa shape index (κ3) is 3.04. The van der Waals surface area contributed by atoms with Crippen LogP contribution >= 0.6 is 0 Å². The van der Waals surface area contributed by atoms with E-state index in [-0.39, 0.29) is 5.92 Å². The van der Waals surface area contributed by atoms with E-state index in [1.807, 2.05) is 13.8 Å². The average Bonchev–Trinajstić information content (AvgIpc) is 3.07. The van der Waals surface area contributed by atoms with Crippen LogP contribution in [-0.2, 0) is 0 Å². The van der Waals surface area contributed by atoms with Gasteiger partial charge in [0.15, 0.2) is 0 Å². The number of carbonyl (C=O) groups is 1. The topological polar surface area (TPSA) is 62.2 Å². The highest BCUT2D eigenvalue weighted by Gasteiger charge is 2.39. The maximum absolute atomic E-state index is 11.2. The molecule has 2 bridgehead atoms. The maximum atomic E-state index is 11.2. The van der Waals surface area contributed by atoms with Crippen molar-refractivity contribution < 1.29 is 9.90 Å². The molecule has 0 spiro atoms. The average molecular weight is 288 g/mol. The molecule has 2 saturated carbocycles. The second-order valence-corrected chi connectivity index (χ2v) is 6.94. The van der Waals surface area contributed by atoms with Crippen LogP contribution in [0.4, 0.5) is 5.82 Å². The van der Waals surface area contributed by atoms with Gasteiger partial charge >= 0.3 is 5.97 Å². The van der Waals surface area contributed by atoms with Gasteiger partial charge in [0, 0.05) is 12.2 Å². The normalized spacial score (nSPS) is 27.3. The zero-order valence-electron chi connectivity index (χ0n) is 12.8. The Morgan fingerprint density at radius 2 is 2.19 bits per heavy atom. The van der Waals surface area contributed by atoms with Gasteiger partial charge in [0.2, 0.25) is 0 Å². The number of aromatic carboxylic acids is 1. The van der Waals surface area contributed by atoms with Gasteiger partial charge in [0.05, 0.1) is 5.56 Å². The van der Waals surface area contributed by atoms with Crippen LogP contribution in [0, 0.1) is 17.8 Å². The lowest BCUT2D eigenvalue weighted by Crippen LogP contribution is -2.21. The predicted octanol–water partition coefficient (Wildman–Crippen LogP) is 3.75. The van der Waals surface area contributed by atoms with Crippen LogP contribution in [0.2, 0.25) is 0 Å². The van der Waals surface area contributed by atoms with Gasteiger partial charge < -0.3 is 10.4 Å². The Morgan fingerprint density at radius 3 is 2.76 bits per heavy atom. The molecular formula is C17H24N2O2. The van der Waals surface area contributed by atoms with E-state index in [9.17, 15) is 9.90 Å². The molecule has 0 radical (unpaired) electrons. The standard InChI is InChI=1S/C17H24N2O2/c1-10(2)15-7-13(17(20)21)8-16(19-15)18-9-14-6-11-3-4-12(14)5-11/h7-8,10-12,14H,3-6,9H2,1-2H3,(H,18,19)(H,20,21). The zero-order chi connectivity index (χ0) is 15.0. The first-order valence-corrected chi connectivity index (χ1v) is 8.02. The highest BCUT2D eigenvalue weighted by atomic mass is 16.4. The molecule has 21 heavy (non-hydrogen) atoms. The fourth-order valence-electron chi connectivity index (χ4n) is 3.92. The van der Waals surface area contributed by atoms with Crippen LogP contribution < -0.4 is 5.32 Å². The van der Waals surface area contributed by atoms with E-state index >= 15 is 0 Å². The van der Waals surface area contributed by atoms with Crippen LogP contribution in [0.25, 0.3) is 0 Å². The number of nitrogens with one attached hydrogen (secondary N) is 1. The molecule has 4 heteroatoms. The minimum absolute atomic E-state index is 0.229. The van der Waals surface area contributed by atoms with Crippen LogP contribution in [-0.4, -0.2) is 22.6 Å². The summed E-state index contributed by atoms with van der Waals surface area (Å²) in [5, 5.41) is 12.6. The molecule has 2 N–H and O–H groups in total. The second kappa shape index (κ2) is 5.66. The number of rotatable bonds is 5. The molecule has 2 aliphatic rings. The number of nitrogens with zero attached hydrogens (tertiary/aromatic N) is 1. The van der Waals surface area contributed by atoms with Gasteiger partial charge in [-0.1, -0.05) is 20.3 Å². The SMILES string of the molecule is CC(C)c1cc(C(=O)O)cc(NCC2CC3CCC2C3)n1. The smallest absolute Gasteiger partial charge is 0.335 e. The summed E-state index contributed by atoms with van der Waals surface area (Å²) in [5.74, 6) is 2.60. The first-order valence-electron chi connectivity index (χ1n) is 8.02. The van der Waals surface area contributed by atoms with Gasteiger partial charge in [0.1, 0.15) is 5.82 Å². The Bertz CT molecular complexity index is 542. The molecule has 114 valence electrons. The first-order chi connectivity index (χ1) is 10.0. The Morgan fingerprint density at radius 1 is 1.38 bits per heavy atom. The first kappa shape index (κ1) is 14.4. The molecule has 4 nitrogen and oxygen atoms in total. The number of fused-ring (bicyclic) bond motifs is 2. The van der Waals surface area contributed by atoms with Crippen molar-refractivity contribution in [1.29, 1.82) is 0 Å². The van der Waals surface area contributed by atoms with Crippen molar-refractivity contribution in [2.45, 2.75) is 45.4 Å². The second-order valence-electron chi connectivity index (χ2n) is 6.94. The lowest BCUT2D eigenvalue weighted by molar-refractivity contribution is 0.0696. The monoisotopic (exact) mass is 288 g/mol. The number of carboxylic acids is 1.